The molecule has 10 aromatic rings. The minimum absolute atomic E-state index is 1.13. The predicted octanol–water partition coefficient (Wildman–Crippen LogP) is 14.4. The molecule has 0 fully saturated rings. The van der Waals surface area contributed by atoms with Crippen LogP contribution in [0.3, 0.4) is 0 Å². The van der Waals surface area contributed by atoms with Gasteiger partial charge in [0, 0.05) is 51.7 Å². The van der Waals surface area contributed by atoms with Crippen LogP contribution >= 0.6 is 22.7 Å². The van der Waals surface area contributed by atoms with E-state index in [9.17, 15) is 0 Å². The molecule has 0 aliphatic rings. The van der Waals surface area contributed by atoms with Gasteiger partial charge in [0.1, 0.15) is 0 Å². The molecule has 10 rings (SSSR count). The average Bonchev–Trinajstić information content (AvgIpc) is 3.74. The van der Waals surface area contributed by atoms with Crippen molar-refractivity contribution < 1.29 is 0 Å². The zero-order valence-corrected chi connectivity index (χ0v) is 28.1. The van der Waals surface area contributed by atoms with Gasteiger partial charge in [-0.15, -0.1) is 22.7 Å². The van der Waals surface area contributed by atoms with E-state index < -0.39 is 0 Å². The SMILES string of the molecule is c1ccc(-c2ccc(N(c3ccc(-c4cccc5ccccc45)cc3)c3ccc4c(c3)sc3ccccc34)c3c2sc2ccccc23)cc1. The molecule has 2 heterocycles. The molecule has 0 aliphatic heterocycles. The molecule has 0 saturated carbocycles. The second kappa shape index (κ2) is 11.5. The van der Waals surface area contributed by atoms with Crippen LogP contribution in [0.25, 0.3) is 73.4 Å². The monoisotopic (exact) mass is 659 g/mol. The number of hydrogen-bond acceptors (Lipinski definition) is 3. The lowest BCUT2D eigenvalue weighted by Crippen LogP contribution is -2.10. The van der Waals surface area contributed by atoms with E-state index in [0.29, 0.717) is 0 Å². The van der Waals surface area contributed by atoms with Crippen molar-refractivity contribution >= 4 is 90.9 Å². The summed E-state index contributed by atoms with van der Waals surface area (Å²) >= 11 is 3.75. The quantitative estimate of drug-likeness (QED) is 0.178. The summed E-state index contributed by atoms with van der Waals surface area (Å²) < 4.78 is 5.22. The van der Waals surface area contributed by atoms with Gasteiger partial charge in [0.15, 0.2) is 0 Å². The number of nitrogens with zero attached hydrogens (tertiary/aromatic N) is 1. The normalized spacial score (nSPS) is 11.7. The largest absolute Gasteiger partial charge is 0.310 e. The molecule has 3 heteroatoms. The van der Waals surface area contributed by atoms with Crippen LogP contribution < -0.4 is 4.90 Å². The fourth-order valence-corrected chi connectivity index (χ4v) is 9.79. The van der Waals surface area contributed by atoms with Crippen molar-refractivity contribution in [3.8, 4) is 22.3 Å². The summed E-state index contributed by atoms with van der Waals surface area (Å²) in [6.07, 6.45) is 0. The van der Waals surface area contributed by atoms with Crippen molar-refractivity contribution in [3.05, 3.63) is 176 Å². The minimum Gasteiger partial charge on any atom is -0.310 e. The van der Waals surface area contributed by atoms with E-state index in [-0.39, 0.29) is 0 Å². The molecule has 1 nitrogen and oxygen atoms in total. The topological polar surface area (TPSA) is 3.24 Å². The van der Waals surface area contributed by atoms with Gasteiger partial charge in [0.2, 0.25) is 0 Å². The molecule has 0 amide bonds. The van der Waals surface area contributed by atoms with Crippen molar-refractivity contribution in [2.75, 3.05) is 4.90 Å². The Bertz CT molecular complexity index is 2820. The molecule has 0 spiro atoms. The molecule has 0 N–H and O–H groups in total. The highest BCUT2D eigenvalue weighted by Gasteiger charge is 2.22. The highest BCUT2D eigenvalue weighted by Crippen LogP contribution is 2.49. The van der Waals surface area contributed by atoms with Gasteiger partial charge in [-0.1, -0.05) is 133 Å². The zero-order valence-electron chi connectivity index (χ0n) is 26.5. The molecular formula is C46H29NS2. The highest BCUT2D eigenvalue weighted by molar-refractivity contribution is 7.26. The molecule has 230 valence electrons. The third kappa shape index (κ3) is 4.66. The standard InChI is InChI=1S/C46H29NS2/c1-2-11-31(12-3-1)37-27-28-41(45-40-17-7-9-20-43(40)49-46(37)45)47(34-25-26-39-38-16-6-8-19-42(38)48-44(39)29-34)33-23-21-32(22-24-33)36-18-10-14-30-13-4-5-15-35(30)36/h1-29H. The summed E-state index contributed by atoms with van der Waals surface area (Å²) in [4.78, 5) is 2.47. The van der Waals surface area contributed by atoms with Gasteiger partial charge in [-0.05, 0) is 75.5 Å². The molecule has 8 aromatic carbocycles. The Kier molecular flexibility index (Phi) is 6.61. The Labute approximate surface area is 292 Å². The Morgan fingerprint density at radius 3 is 1.84 bits per heavy atom. The van der Waals surface area contributed by atoms with E-state index in [0.717, 1.165) is 11.4 Å². The first-order valence-electron chi connectivity index (χ1n) is 16.6. The highest BCUT2D eigenvalue weighted by atomic mass is 32.1. The predicted molar refractivity (Wildman–Crippen MR) is 215 cm³/mol. The smallest absolute Gasteiger partial charge is 0.0555 e. The van der Waals surface area contributed by atoms with E-state index in [1.165, 1.54) is 79.1 Å². The van der Waals surface area contributed by atoms with Crippen LogP contribution in [0.2, 0.25) is 0 Å². The third-order valence-electron chi connectivity index (χ3n) is 9.68. The molecular weight excluding hydrogens is 631 g/mol. The summed E-state index contributed by atoms with van der Waals surface area (Å²) in [6.45, 7) is 0. The fraction of sp³-hybridized carbons (Fsp3) is 0. The average molecular weight is 660 g/mol. The van der Waals surface area contributed by atoms with Crippen molar-refractivity contribution in [2.24, 2.45) is 0 Å². The van der Waals surface area contributed by atoms with Gasteiger partial charge >= 0.3 is 0 Å². The van der Waals surface area contributed by atoms with Crippen molar-refractivity contribution in [2.45, 2.75) is 0 Å². The van der Waals surface area contributed by atoms with Crippen LogP contribution in [0, 0.1) is 0 Å². The van der Waals surface area contributed by atoms with Crippen LogP contribution in [0.15, 0.2) is 176 Å². The van der Waals surface area contributed by atoms with Crippen LogP contribution in [0.1, 0.15) is 0 Å². The maximum Gasteiger partial charge on any atom is 0.0555 e. The van der Waals surface area contributed by atoms with Crippen molar-refractivity contribution in [3.63, 3.8) is 0 Å². The van der Waals surface area contributed by atoms with Crippen molar-refractivity contribution in [1.82, 2.24) is 0 Å². The number of benzene rings is 8. The number of anilines is 3. The number of rotatable bonds is 5. The molecule has 0 unspecified atom stereocenters. The third-order valence-corrected chi connectivity index (χ3v) is 12.0. The van der Waals surface area contributed by atoms with E-state index in [4.69, 9.17) is 0 Å². The molecule has 2 aromatic heterocycles. The van der Waals surface area contributed by atoms with Gasteiger partial charge in [0.05, 0.1) is 5.69 Å². The number of hydrogen-bond donors (Lipinski definition) is 0. The van der Waals surface area contributed by atoms with Crippen molar-refractivity contribution in [1.29, 1.82) is 0 Å². The molecule has 49 heavy (non-hydrogen) atoms. The van der Waals surface area contributed by atoms with Crippen LogP contribution in [0.4, 0.5) is 17.1 Å². The molecule has 0 bridgehead atoms. The van der Waals surface area contributed by atoms with Gasteiger partial charge in [-0.25, -0.2) is 0 Å². The first-order valence-corrected chi connectivity index (χ1v) is 18.2. The maximum atomic E-state index is 2.47. The first kappa shape index (κ1) is 28.3. The first-order chi connectivity index (χ1) is 24.3. The Balaban J connectivity index is 1.22. The molecule has 0 aliphatic carbocycles. The van der Waals surface area contributed by atoms with E-state index in [2.05, 4.69) is 181 Å². The number of thiophene rings is 2. The zero-order chi connectivity index (χ0) is 32.3. The fourth-order valence-electron chi connectivity index (χ4n) is 7.39. The van der Waals surface area contributed by atoms with E-state index >= 15 is 0 Å². The van der Waals surface area contributed by atoms with Crippen LogP contribution in [-0.4, -0.2) is 0 Å². The van der Waals surface area contributed by atoms with E-state index in [1.807, 2.05) is 22.7 Å². The maximum absolute atomic E-state index is 2.47. The number of fused-ring (bicyclic) bond motifs is 7. The Morgan fingerprint density at radius 1 is 0.367 bits per heavy atom. The summed E-state index contributed by atoms with van der Waals surface area (Å²) in [5.41, 5.74) is 8.45. The Hall–Kier alpha value is -5.74. The molecule has 0 saturated heterocycles. The van der Waals surface area contributed by atoms with Crippen LogP contribution in [0.5, 0.6) is 0 Å². The lowest BCUT2D eigenvalue weighted by atomic mass is 9.97. The second-order valence-electron chi connectivity index (χ2n) is 12.5. The van der Waals surface area contributed by atoms with Crippen LogP contribution in [-0.2, 0) is 0 Å². The molecule has 0 radical (unpaired) electrons. The van der Waals surface area contributed by atoms with Gasteiger partial charge < -0.3 is 4.90 Å². The van der Waals surface area contributed by atoms with Gasteiger partial charge in [-0.2, -0.15) is 0 Å². The van der Waals surface area contributed by atoms with Gasteiger partial charge in [0.25, 0.3) is 0 Å². The van der Waals surface area contributed by atoms with E-state index in [1.54, 1.807) is 0 Å². The summed E-state index contributed by atoms with van der Waals surface area (Å²) in [7, 11) is 0. The summed E-state index contributed by atoms with van der Waals surface area (Å²) in [5.74, 6) is 0. The summed E-state index contributed by atoms with van der Waals surface area (Å²) in [6, 6.07) is 64.4. The molecule has 0 atom stereocenters. The summed E-state index contributed by atoms with van der Waals surface area (Å²) in [5, 5.41) is 7.73. The second-order valence-corrected chi connectivity index (χ2v) is 14.6. The minimum atomic E-state index is 1.13. The Morgan fingerprint density at radius 2 is 1.00 bits per heavy atom. The van der Waals surface area contributed by atoms with Gasteiger partial charge in [-0.3, -0.25) is 0 Å². The lowest BCUT2D eigenvalue weighted by molar-refractivity contribution is 1.31. The lowest BCUT2D eigenvalue weighted by Gasteiger charge is -2.27.